The summed E-state index contributed by atoms with van der Waals surface area (Å²) in [6, 6.07) is 10.9. The van der Waals surface area contributed by atoms with Gasteiger partial charge in [0.25, 0.3) is 17.3 Å². The molecule has 1 amide bonds. The zero-order valence-corrected chi connectivity index (χ0v) is 13.6. The first-order chi connectivity index (χ1) is 12.3. The van der Waals surface area contributed by atoms with Crippen molar-refractivity contribution in [2.24, 2.45) is 0 Å². The van der Waals surface area contributed by atoms with Gasteiger partial charge in [-0.2, -0.15) is 5.26 Å². The Bertz CT molecular complexity index is 937. The van der Waals surface area contributed by atoms with Crippen molar-refractivity contribution in [1.82, 2.24) is 5.32 Å². The molecule has 0 aliphatic carbocycles. The second kappa shape index (κ2) is 7.77. The predicted octanol–water partition coefficient (Wildman–Crippen LogP) is 2.50. The third-order valence-corrected chi connectivity index (χ3v) is 3.31. The van der Waals surface area contributed by atoms with Crippen molar-refractivity contribution in [3.05, 3.63) is 73.8 Å². The van der Waals surface area contributed by atoms with Crippen LogP contribution in [0, 0.1) is 31.6 Å². The van der Waals surface area contributed by atoms with Gasteiger partial charge in [0, 0.05) is 12.1 Å². The monoisotopic (exact) mass is 371 g/mol. The fourth-order valence-corrected chi connectivity index (χ4v) is 2.16. The van der Waals surface area contributed by atoms with Gasteiger partial charge in [-0.25, -0.2) is 0 Å². The molecule has 0 radical (unpaired) electrons. The van der Waals surface area contributed by atoms with Crippen LogP contribution >= 0.6 is 12.2 Å². The summed E-state index contributed by atoms with van der Waals surface area (Å²) in [7, 11) is 0. The standard InChI is InChI=1S/C15H9N5O5S/c16-8-9-3-1-2-4-13(9)17-15(26)18-14(21)10-5-11(19(22)23)7-12(6-10)20(24)25/h1-7H,(H2,17,18,21,26). The lowest BCUT2D eigenvalue weighted by molar-refractivity contribution is -0.394. The van der Waals surface area contributed by atoms with Crippen molar-refractivity contribution in [3.63, 3.8) is 0 Å². The van der Waals surface area contributed by atoms with Crippen molar-refractivity contribution >= 4 is 40.3 Å². The second-order valence-corrected chi connectivity index (χ2v) is 5.23. The van der Waals surface area contributed by atoms with Crippen LogP contribution in [0.3, 0.4) is 0 Å². The molecule has 2 aromatic rings. The topological polar surface area (TPSA) is 151 Å². The second-order valence-electron chi connectivity index (χ2n) is 4.82. The van der Waals surface area contributed by atoms with E-state index < -0.39 is 27.1 Å². The normalized spacial score (nSPS) is 9.65. The number of thiocarbonyl (C=S) groups is 1. The third kappa shape index (κ3) is 4.34. The zero-order valence-electron chi connectivity index (χ0n) is 12.8. The smallest absolute Gasteiger partial charge is 0.277 e. The number of carbonyl (C=O) groups excluding carboxylic acids is 1. The highest BCUT2D eigenvalue weighted by molar-refractivity contribution is 7.80. The van der Waals surface area contributed by atoms with Gasteiger partial charge in [0.1, 0.15) is 6.07 Å². The van der Waals surface area contributed by atoms with Gasteiger partial charge in [0.2, 0.25) is 0 Å². The number of nitriles is 1. The van der Waals surface area contributed by atoms with Crippen molar-refractivity contribution in [3.8, 4) is 6.07 Å². The van der Waals surface area contributed by atoms with E-state index in [4.69, 9.17) is 17.5 Å². The van der Waals surface area contributed by atoms with Crippen LogP contribution < -0.4 is 10.6 Å². The van der Waals surface area contributed by atoms with E-state index in [9.17, 15) is 25.0 Å². The molecule has 11 heteroatoms. The number of benzene rings is 2. The predicted molar refractivity (Wildman–Crippen MR) is 94.6 cm³/mol. The summed E-state index contributed by atoms with van der Waals surface area (Å²) in [5.41, 5.74) is -0.861. The van der Waals surface area contributed by atoms with Crippen LogP contribution in [0.5, 0.6) is 0 Å². The molecule has 0 aliphatic rings. The zero-order chi connectivity index (χ0) is 19.3. The molecule has 2 aromatic carbocycles. The Labute approximate surface area is 151 Å². The number of non-ortho nitro benzene ring substituents is 2. The number of amides is 1. The summed E-state index contributed by atoms with van der Waals surface area (Å²) in [4.78, 5) is 32.2. The molecule has 130 valence electrons. The first-order valence-corrected chi connectivity index (χ1v) is 7.28. The molecule has 0 spiro atoms. The number of hydrogen-bond acceptors (Lipinski definition) is 7. The highest BCUT2D eigenvalue weighted by Crippen LogP contribution is 2.22. The maximum absolute atomic E-state index is 12.2. The number of carbonyl (C=O) groups is 1. The van der Waals surface area contributed by atoms with Gasteiger partial charge in [-0.15, -0.1) is 0 Å². The first-order valence-electron chi connectivity index (χ1n) is 6.87. The lowest BCUT2D eigenvalue weighted by atomic mass is 10.1. The number of hydrogen-bond donors (Lipinski definition) is 2. The van der Waals surface area contributed by atoms with Gasteiger partial charge in [-0.1, -0.05) is 12.1 Å². The molecule has 26 heavy (non-hydrogen) atoms. The van der Waals surface area contributed by atoms with Crippen LogP contribution in [0.25, 0.3) is 0 Å². The van der Waals surface area contributed by atoms with Crippen LogP contribution in [0.15, 0.2) is 42.5 Å². The van der Waals surface area contributed by atoms with Gasteiger partial charge in [-0.3, -0.25) is 30.3 Å². The summed E-state index contributed by atoms with van der Waals surface area (Å²) in [5, 5.41) is 35.5. The van der Waals surface area contributed by atoms with E-state index in [0.29, 0.717) is 5.69 Å². The van der Waals surface area contributed by atoms with E-state index in [1.807, 2.05) is 6.07 Å². The molecule has 0 aliphatic heterocycles. The fraction of sp³-hybridized carbons (Fsp3) is 0. The largest absolute Gasteiger partial charge is 0.331 e. The molecule has 0 fully saturated rings. The van der Waals surface area contributed by atoms with E-state index in [1.165, 1.54) is 6.07 Å². The van der Waals surface area contributed by atoms with Crippen LogP contribution in [0.4, 0.5) is 17.1 Å². The Morgan fingerprint density at radius 1 is 1.08 bits per heavy atom. The van der Waals surface area contributed by atoms with Crippen molar-refractivity contribution < 1.29 is 14.6 Å². The van der Waals surface area contributed by atoms with E-state index in [-0.39, 0.29) is 16.2 Å². The number of nitro groups is 2. The summed E-state index contributed by atoms with van der Waals surface area (Å²) < 4.78 is 0. The summed E-state index contributed by atoms with van der Waals surface area (Å²) in [5.74, 6) is -0.872. The number of para-hydroxylation sites is 1. The maximum atomic E-state index is 12.2. The maximum Gasteiger partial charge on any atom is 0.277 e. The third-order valence-electron chi connectivity index (χ3n) is 3.11. The van der Waals surface area contributed by atoms with Crippen molar-refractivity contribution in [1.29, 1.82) is 5.26 Å². The minimum atomic E-state index is -0.872. The van der Waals surface area contributed by atoms with Crippen molar-refractivity contribution in [2.45, 2.75) is 0 Å². The number of nitro benzene ring substituents is 2. The average Bonchev–Trinajstić information content (AvgIpc) is 2.61. The molecule has 0 atom stereocenters. The Hall–Kier alpha value is -3.91. The first kappa shape index (κ1) is 18.4. The quantitative estimate of drug-likeness (QED) is 0.472. The SMILES string of the molecule is N#Cc1ccccc1NC(=S)NC(=O)c1cc([N+](=O)[O-])cc([N+](=O)[O-])c1. The molecular weight excluding hydrogens is 362 g/mol. The van der Waals surface area contributed by atoms with Crippen LogP contribution in [0.1, 0.15) is 15.9 Å². The van der Waals surface area contributed by atoms with E-state index >= 15 is 0 Å². The van der Waals surface area contributed by atoms with Gasteiger partial charge in [-0.05, 0) is 24.4 Å². The Kier molecular flexibility index (Phi) is 5.51. The highest BCUT2D eigenvalue weighted by Gasteiger charge is 2.20. The van der Waals surface area contributed by atoms with Gasteiger partial charge >= 0.3 is 0 Å². The fourth-order valence-electron chi connectivity index (χ4n) is 1.96. The minimum absolute atomic E-state index is 0.174. The van der Waals surface area contributed by atoms with E-state index in [1.54, 1.807) is 18.2 Å². The molecule has 0 saturated heterocycles. The molecule has 0 saturated carbocycles. The molecule has 0 bridgehead atoms. The lowest BCUT2D eigenvalue weighted by Gasteiger charge is -2.10. The molecule has 0 aromatic heterocycles. The van der Waals surface area contributed by atoms with Gasteiger partial charge < -0.3 is 5.32 Å². The van der Waals surface area contributed by atoms with Crippen LogP contribution in [-0.2, 0) is 0 Å². The van der Waals surface area contributed by atoms with E-state index in [0.717, 1.165) is 18.2 Å². The van der Waals surface area contributed by atoms with Crippen LogP contribution in [-0.4, -0.2) is 20.9 Å². The average molecular weight is 371 g/mol. The Balaban J connectivity index is 2.21. The lowest BCUT2D eigenvalue weighted by Crippen LogP contribution is -2.34. The van der Waals surface area contributed by atoms with Gasteiger partial charge in [0.05, 0.1) is 32.7 Å². The minimum Gasteiger partial charge on any atom is -0.331 e. The number of anilines is 1. The number of rotatable bonds is 4. The highest BCUT2D eigenvalue weighted by atomic mass is 32.1. The molecule has 0 heterocycles. The molecular formula is C15H9N5O5S. The molecule has 0 unspecified atom stereocenters. The van der Waals surface area contributed by atoms with Crippen LogP contribution in [0.2, 0.25) is 0 Å². The Morgan fingerprint density at radius 2 is 1.65 bits per heavy atom. The number of nitrogens with one attached hydrogen (secondary N) is 2. The summed E-state index contributed by atoms with van der Waals surface area (Å²) in [6.45, 7) is 0. The molecule has 2 N–H and O–H groups in total. The van der Waals surface area contributed by atoms with Gasteiger partial charge in [0.15, 0.2) is 5.11 Å². The molecule has 10 nitrogen and oxygen atoms in total. The Morgan fingerprint density at radius 3 is 2.19 bits per heavy atom. The summed E-state index contributed by atoms with van der Waals surface area (Å²) in [6.07, 6.45) is 0. The number of nitrogens with zero attached hydrogens (tertiary/aromatic N) is 3. The van der Waals surface area contributed by atoms with E-state index in [2.05, 4.69) is 10.6 Å². The molecule has 2 rings (SSSR count). The summed E-state index contributed by atoms with van der Waals surface area (Å²) >= 11 is 4.97. The van der Waals surface area contributed by atoms with Crippen molar-refractivity contribution in [2.75, 3.05) is 5.32 Å².